The number of Topliss-reactive ketones (excluding diaryl/α,β-unsaturated/α-hetero) is 1. The molecule has 0 aromatic carbocycles. The third kappa shape index (κ3) is 18.9. The lowest BCUT2D eigenvalue weighted by atomic mass is 10.4. The van der Waals surface area contributed by atoms with Crippen molar-refractivity contribution in [2.45, 2.75) is 47.1 Å². The summed E-state index contributed by atoms with van der Waals surface area (Å²) in [5, 5.41) is 6.10. The fraction of sp³-hybridized carbons (Fsp3) is 0.900. The van der Waals surface area contributed by atoms with Gasteiger partial charge in [-0.2, -0.15) is 0 Å². The van der Waals surface area contributed by atoms with Crippen molar-refractivity contribution in [2.24, 2.45) is 5.73 Å². The van der Waals surface area contributed by atoms with Crippen LogP contribution in [-0.2, 0) is 18.1 Å². The molecule has 0 aromatic heterocycles. The van der Waals surface area contributed by atoms with Crippen LogP contribution in [0.15, 0.2) is 0 Å². The van der Waals surface area contributed by atoms with Crippen LogP contribution < -0.4 is 16.4 Å². The van der Waals surface area contributed by atoms with Gasteiger partial charge in [0.1, 0.15) is 5.78 Å². The van der Waals surface area contributed by atoms with Crippen LogP contribution in [0.2, 0.25) is 6.04 Å². The summed E-state index contributed by atoms with van der Waals surface area (Å²) in [5.41, 5.74) is 5.57. The van der Waals surface area contributed by atoms with Crippen LogP contribution in [-0.4, -0.2) is 103 Å². The Hall–Kier alpha value is -0.653. The summed E-state index contributed by atoms with van der Waals surface area (Å²) in [4.78, 5) is 23.8. The number of ketones is 1. The first-order valence-corrected chi connectivity index (χ1v) is 13.9. The summed E-state index contributed by atoms with van der Waals surface area (Å²) in [6.45, 7) is 15.3. The number of likely N-dealkylation sites (N-methyl/N-ethyl adjacent to an activating group) is 1. The Morgan fingerprint density at radius 2 is 1.47 bits per heavy atom. The number of rotatable bonds is 18. The highest BCUT2D eigenvalue weighted by molar-refractivity contribution is 7.13. The molecule has 0 spiro atoms. The molecule has 0 fully saturated rings. The maximum atomic E-state index is 12.6. The summed E-state index contributed by atoms with van der Waals surface area (Å²) < 4.78 is 19.6. The van der Waals surface area contributed by atoms with E-state index >= 15 is 0 Å². The SMILES string of the molecule is CC(C)=O.CCO[Si](CCCNC(=O)N(CCNC)CCN(P)CCN)(OCC)OCC. The molecule has 1 unspecified atom stereocenters. The van der Waals surface area contributed by atoms with Crippen LogP contribution in [0.3, 0.4) is 0 Å². The van der Waals surface area contributed by atoms with Crippen molar-refractivity contribution in [3.8, 4) is 0 Å². The zero-order chi connectivity index (χ0) is 24.8. The summed E-state index contributed by atoms with van der Waals surface area (Å²) in [7, 11) is 1.88. The molecule has 0 heterocycles. The van der Waals surface area contributed by atoms with Gasteiger partial charge >= 0.3 is 14.8 Å². The largest absolute Gasteiger partial charge is 0.500 e. The molecule has 0 aromatic rings. The summed E-state index contributed by atoms with van der Waals surface area (Å²) >= 11 is 0. The van der Waals surface area contributed by atoms with E-state index in [4.69, 9.17) is 19.0 Å². The monoisotopic (exact) mass is 497 g/mol. The van der Waals surface area contributed by atoms with Crippen molar-refractivity contribution in [3.05, 3.63) is 0 Å². The van der Waals surface area contributed by atoms with E-state index in [1.165, 1.54) is 13.8 Å². The maximum absolute atomic E-state index is 12.6. The molecule has 0 aliphatic rings. The lowest BCUT2D eigenvalue weighted by Crippen LogP contribution is -2.48. The second-order valence-electron chi connectivity index (χ2n) is 7.14. The molecule has 0 aliphatic heterocycles. The topological polar surface area (TPSA) is 118 Å². The number of urea groups is 1. The van der Waals surface area contributed by atoms with E-state index in [0.29, 0.717) is 52.0 Å². The molecule has 0 bridgehead atoms. The Kier molecular flexibility index (Phi) is 23.2. The Balaban J connectivity index is 0. The van der Waals surface area contributed by atoms with Crippen LogP contribution in [0, 0.1) is 0 Å². The molecule has 32 heavy (non-hydrogen) atoms. The number of nitrogens with two attached hydrogens (primary N) is 1. The summed E-state index contributed by atoms with van der Waals surface area (Å²) in [5.74, 6) is 0.167. The van der Waals surface area contributed by atoms with Gasteiger partial charge in [0.2, 0.25) is 0 Å². The van der Waals surface area contributed by atoms with Crippen LogP contribution in [0.25, 0.3) is 0 Å². The van der Waals surface area contributed by atoms with E-state index in [1.807, 2.05) is 37.4 Å². The van der Waals surface area contributed by atoms with Crippen molar-refractivity contribution in [3.63, 3.8) is 0 Å². The van der Waals surface area contributed by atoms with Gasteiger partial charge in [-0.3, -0.25) is 4.67 Å². The average molecular weight is 498 g/mol. The minimum atomic E-state index is -2.65. The number of carbonyl (C=O) groups is 2. The lowest BCUT2D eigenvalue weighted by molar-refractivity contribution is -0.115. The van der Waals surface area contributed by atoms with E-state index in [2.05, 4.69) is 20.0 Å². The van der Waals surface area contributed by atoms with E-state index in [1.54, 1.807) is 0 Å². The van der Waals surface area contributed by atoms with Gasteiger partial charge in [-0.1, -0.05) is 9.39 Å². The predicted molar refractivity (Wildman–Crippen MR) is 136 cm³/mol. The number of hydrogen-bond donors (Lipinski definition) is 3. The average Bonchev–Trinajstić information content (AvgIpc) is 2.71. The Morgan fingerprint density at radius 3 is 1.91 bits per heavy atom. The highest BCUT2D eigenvalue weighted by Crippen LogP contribution is 2.17. The number of nitrogens with one attached hydrogen (secondary N) is 2. The van der Waals surface area contributed by atoms with Crippen molar-refractivity contribution in [1.82, 2.24) is 20.2 Å². The smallest absolute Gasteiger partial charge is 0.374 e. The second kappa shape index (κ2) is 22.2. The molecule has 12 heteroatoms. The maximum Gasteiger partial charge on any atom is 0.500 e. The molecule has 0 saturated carbocycles. The molecule has 0 radical (unpaired) electrons. The van der Waals surface area contributed by atoms with Gasteiger partial charge < -0.3 is 39.3 Å². The fourth-order valence-corrected chi connectivity index (χ4v) is 5.58. The molecular weight excluding hydrogens is 449 g/mol. The van der Waals surface area contributed by atoms with E-state index < -0.39 is 8.80 Å². The fourth-order valence-electron chi connectivity index (χ4n) is 2.70. The molecule has 0 saturated heterocycles. The molecule has 4 N–H and O–H groups in total. The van der Waals surface area contributed by atoms with Crippen molar-refractivity contribution in [2.75, 3.05) is 72.7 Å². The van der Waals surface area contributed by atoms with Gasteiger partial charge in [-0.25, -0.2) is 4.79 Å². The summed E-state index contributed by atoms with van der Waals surface area (Å²) in [6.07, 6.45) is 0.751. The molecule has 0 rings (SSSR count). The van der Waals surface area contributed by atoms with Crippen LogP contribution in [0.1, 0.15) is 41.0 Å². The molecule has 192 valence electrons. The predicted octanol–water partition coefficient (Wildman–Crippen LogP) is 1.30. The van der Waals surface area contributed by atoms with Gasteiger partial charge in [0.05, 0.1) is 0 Å². The highest BCUT2D eigenvalue weighted by atomic mass is 31.0. The first-order valence-electron chi connectivity index (χ1n) is 11.5. The minimum absolute atomic E-state index is 0.0575. The van der Waals surface area contributed by atoms with Crippen LogP contribution in [0.5, 0.6) is 0 Å². The molecular formula is C20H48N5O5PSi. The van der Waals surface area contributed by atoms with Crippen LogP contribution in [0.4, 0.5) is 4.79 Å². The second-order valence-corrected chi connectivity index (χ2v) is 10.6. The third-order valence-electron chi connectivity index (χ3n) is 4.02. The van der Waals surface area contributed by atoms with Crippen LogP contribution >= 0.6 is 9.39 Å². The van der Waals surface area contributed by atoms with Gasteiger partial charge in [0.25, 0.3) is 0 Å². The van der Waals surface area contributed by atoms with Gasteiger partial charge in [-0.05, 0) is 48.1 Å². The number of carbonyl (C=O) groups excluding carboxylic acids is 2. The molecule has 2 amide bonds. The Morgan fingerprint density at radius 1 is 0.938 bits per heavy atom. The minimum Gasteiger partial charge on any atom is -0.374 e. The van der Waals surface area contributed by atoms with Crippen molar-refractivity contribution in [1.29, 1.82) is 0 Å². The summed E-state index contributed by atoms with van der Waals surface area (Å²) in [6, 6.07) is 0.632. The molecule has 1 atom stereocenters. The van der Waals surface area contributed by atoms with Gasteiger partial charge in [-0.15, -0.1) is 0 Å². The van der Waals surface area contributed by atoms with Crippen molar-refractivity contribution < 1.29 is 22.9 Å². The first-order chi connectivity index (χ1) is 15.2. The van der Waals surface area contributed by atoms with Crippen molar-refractivity contribution >= 4 is 30.0 Å². The highest BCUT2D eigenvalue weighted by Gasteiger charge is 2.39. The van der Waals surface area contributed by atoms with E-state index in [0.717, 1.165) is 26.1 Å². The third-order valence-corrected chi connectivity index (χ3v) is 7.69. The molecule has 0 aliphatic carbocycles. The normalized spacial score (nSPS) is 11.2. The Labute approximate surface area is 198 Å². The van der Waals surface area contributed by atoms with Gasteiger partial charge in [0, 0.05) is 71.7 Å². The van der Waals surface area contributed by atoms with E-state index in [9.17, 15) is 9.59 Å². The number of hydrogen-bond acceptors (Lipinski definition) is 8. The standard InChI is InChI=1S/C17H42N5O4PSi.C3H6O/c1-5-24-28(25-6-2,26-7-3)16-8-10-20-17(23)21(13-11-19-4)14-15-22(27)12-9-18;1-3(2)4/h19H,5-16,18,27H2,1-4H3,(H,20,23);1-2H3. The Bertz CT molecular complexity index is 459. The van der Waals surface area contributed by atoms with E-state index in [-0.39, 0.29) is 11.8 Å². The number of amides is 2. The van der Waals surface area contributed by atoms with Gasteiger partial charge in [0.15, 0.2) is 0 Å². The first kappa shape index (κ1) is 33.5. The number of nitrogens with zero attached hydrogens (tertiary/aromatic N) is 2. The molecule has 10 nitrogen and oxygen atoms in total. The lowest BCUT2D eigenvalue weighted by Gasteiger charge is -2.29. The quantitative estimate of drug-likeness (QED) is 0.147. The zero-order valence-corrected chi connectivity index (χ0v) is 23.2. The zero-order valence-electron chi connectivity index (χ0n) is 21.1.